The van der Waals surface area contributed by atoms with Gasteiger partial charge in [0.1, 0.15) is 4.88 Å². The molecule has 1 aromatic carbocycles. The van der Waals surface area contributed by atoms with E-state index in [0.717, 1.165) is 0 Å². The number of nitrogens with zero attached hydrogens (tertiary/aromatic N) is 1. The van der Waals surface area contributed by atoms with Crippen LogP contribution in [-0.2, 0) is 0 Å². The van der Waals surface area contributed by atoms with Gasteiger partial charge >= 0.3 is 5.97 Å². The topological polar surface area (TPSA) is 91.3 Å². The van der Waals surface area contributed by atoms with Crippen LogP contribution in [0, 0.1) is 6.92 Å². The van der Waals surface area contributed by atoms with Crippen molar-refractivity contribution in [3.63, 3.8) is 0 Å². The van der Waals surface area contributed by atoms with Gasteiger partial charge in [-0.2, -0.15) is 0 Å². The van der Waals surface area contributed by atoms with Crippen molar-refractivity contribution in [2.45, 2.75) is 6.92 Å². The number of aryl methyl sites for hydroxylation is 1. The Morgan fingerprint density at radius 1 is 1.25 bits per heavy atom. The quantitative estimate of drug-likeness (QED) is 0.803. The second kappa shape index (κ2) is 5.70. The zero-order valence-corrected chi connectivity index (χ0v) is 11.7. The third-order valence-electron chi connectivity index (χ3n) is 2.61. The number of aromatic carboxylic acids is 1. The second-order valence-corrected chi connectivity index (χ2v) is 5.02. The average molecular weight is 291 g/mol. The van der Waals surface area contributed by atoms with Crippen molar-refractivity contribution >= 4 is 34.0 Å². The number of thiazole rings is 1. The molecule has 2 rings (SSSR count). The molecule has 0 spiro atoms. The number of hydrogen-bond donors (Lipinski definition) is 3. The van der Waals surface area contributed by atoms with Crippen LogP contribution in [0.3, 0.4) is 0 Å². The molecule has 0 aliphatic carbocycles. The Labute approximate surface area is 119 Å². The molecule has 0 unspecified atom stereocenters. The maximum absolute atomic E-state index is 11.6. The van der Waals surface area contributed by atoms with Crippen LogP contribution < -0.4 is 10.6 Å². The normalized spacial score (nSPS) is 10.1. The number of anilines is 2. The fourth-order valence-electron chi connectivity index (χ4n) is 1.59. The molecule has 1 heterocycles. The molecule has 1 amide bonds. The summed E-state index contributed by atoms with van der Waals surface area (Å²) in [6.45, 7) is 1.76. The monoisotopic (exact) mass is 291 g/mol. The molecule has 0 radical (unpaired) electrons. The molecule has 104 valence electrons. The number of carbonyl (C=O) groups is 2. The highest BCUT2D eigenvalue weighted by atomic mass is 32.1. The van der Waals surface area contributed by atoms with E-state index in [4.69, 9.17) is 5.11 Å². The average Bonchev–Trinajstić information content (AvgIpc) is 2.79. The summed E-state index contributed by atoms with van der Waals surface area (Å²) < 4.78 is 0. The Balaban J connectivity index is 2.18. The number of carboxylic acid groups (broad SMARTS) is 1. The Morgan fingerprint density at radius 3 is 2.45 bits per heavy atom. The second-order valence-electron chi connectivity index (χ2n) is 4.02. The number of nitrogens with one attached hydrogen (secondary N) is 2. The molecule has 2 aromatic rings. The van der Waals surface area contributed by atoms with Crippen LogP contribution in [0.15, 0.2) is 24.3 Å². The Kier molecular flexibility index (Phi) is 3.99. The Hall–Kier alpha value is -2.41. The predicted octanol–water partition coefficient (Wildman–Crippen LogP) is 2.25. The summed E-state index contributed by atoms with van der Waals surface area (Å²) >= 11 is 1.25. The van der Waals surface area contributed by atoms with E-state index < -0.39 is 5.97 Å². The van der Waals surface area contributed by atoms with Crippen LogP contribution in [0.1, 0.15) is 25.7 Å². The fraction of sp³-hybridized carbons (Fsp3) is 0.154. The van der Waals surface area contributed by atoms with Gasteiger partial charge in [-0.25, -0.2) is 9.78 Å². The first-order valence-electron chi connectivity index (χ1n) is 5.81. The van der Waals surface area contributed by atoms with E-state index in [1.165, 1.54) is 23.5 Å². The maximum atomic E-state index is 11.6. The van der Waals surface area contributed by atoms with Gasteiger partial charge in [0.05, 0.1) is 11.3 Å². The molecule has 0 aliphatic rings. The summed E-state index contributed by atoms with van der Waals surface area (Å²) in [4.78, 5) is 27.2. The third kappa shape index (κ3) is 2.94. The highest BCUT2D eigenvalue weighted by molar-refractivity contribution is 7.17. The lowest BCUT2D eigenvalue weighted by Gasteiger charge is -2.02. The van der Waals surface area contributed by atoms with E-state index in [-0.39, 0.29) is 11.5 Å². The van der Waals surface area contributed by atoms with Gasteiger partial charge in [-0.05, 0) is 31.2 Å². The fourth-order valence-corrected chi connectivity index (χ4v) is 2.53. The largest absolute Gasteiger partial charge is 0.478 e. The lowest BCUT2D eigenvalue weighted by atomic mass is 10.2. The number of benzene rings is 1. The molecule has 0 fully saturated rings. The molecule has 3 N–H and O–H groups in total. The number of aromatic nitrogens is 1. The lowest BCUT2D eigenvalue weighted by molar-refractivity contribution is 0.0696. The van der Waals surface area contributed by atoms with E-state index in [1.807, 2.05) is 0 Å². The molecule has 1 aromatic heterocycles. The van der Waals surface area contributed by atoms with Gasteiger partial charge in [-0.15, -0.1) is 0 Å². The zero-order valence-electron chi connectivity index (χ0n) is 10.9. The van der Waals surface area contributed by atoms with Gasteiger partial charge in [-0.3, -0.25) is 4.79 Å². The molecule has 6 nitrogen and oxygen atoms in total. The molecule has 0 saturated carbocycles. The minimum Gasteiger partial charge on any atom is -0.478 e. The molecule has 20 heavy (non-hydrogen) atoms. The molecule has 0 saturated heterocycles. The van der Waals surface area contributed by atoms with Gasteiger partial charge in [0.2, 0.25) is 0 Å². The van der Waals surface area contributed by atoms with Crippen LogP contribution in [0.25, 0.3) is 0 Å². The van der Waals surface area contributed by atoms with Crippen molar-refractivity contribution in [3.8, 4) is 0 Å². The predicted molar refractivity (Wildman–Crippen MR) is 76.9 cm³/mol. The highest BCUT2D eigenvalue weighted by Gasteiger charge is 2.14. The Morgan fingerprint density at radius 2 is 1.90 bits per heavy atom. The SMILES string of the molecule is CNC(=O)c1sc(Nc2ccc(C(=O)O)cc2)nc1C. The maximum Gasteiger partial charge on any atom is 0.335 e. The Bertz CT molecular complexity index is 649. The number of hydrogen-bond acceptors (Lipinski definition) is 5. The van der Waals surface area contributed by atoms with Gasteiger partial charge in [0, 0.05) is 12.7 Å². The standard InChI is InChI=1S/C13H13N3O3S/c1-7-10(11(17)14-2)20-13(15-7)16-9-5-3-8(4-6-9)12(18)19/h3-6H,1-2H3,(H,14,17)(H,15,16)(H,18,19). The summed E-state index contributed by atoms with van der Waals surface area (Å²) in [6, 6.07) is 6.31. The third-order valence-corrected chi connectivity index (χ3v) is 3.68. The molecule has 0 atom stereocenters. The first kappa shape index (κ1) is 14.0. The molecular formula is C13H13N3O3S. The van der Waals surface area contributed by atoms with Crippen molar-refractivity contribution in [2.75, 3.05) is 12.4 Å². The summed E-state index contributed by atoms with van der Waals surface area (Å²) in [5.41, 5.74) is 1.59. The van der Waals surface area contributed by atoms with Crippen molar-refractivity contribution in [1.29, 1.82) is 0 Å². The highest BCUT2D eigenvalue weighted by Crippen LogP contribution is 2.25. The minimum absolute atomic E-state index is 0.172. The van der Waals surface area contributed by atoms with Crippen LogP contribution in [-0.4, -0.2) is 29.0 Å². The van der Waals surface area contributed by atoms with Gasteiger partial charge in [-0.1, -0.05) is 11.3 Å². The minimum atomic E-state index is -0.969. The number of amides is 1. The summed E-state index contributed by atoms with van der Waals surface area (Å²) in [5.74, 6) is -1.14. The van der Waals surface area contributed by atoms with E-state index in [2.05, 4.69) is 15.6 Å². The smallest absolute Gasteiger partial charge is 0.335 e. The van der Waals surface area contributed by atoms with Crippen molar-refractivity contribution in [1.82, 2.24) is 10.3 Å². The van der Waals surface area contributed by atoms with E-state index in [0.29, 0.717) is 21.4 Å². The zero-order chi connectivity index (χ0) is 14.7. The van der Waals surface area contributed by atoms with Crippen molar-refractivity contribution < 1.29 is 14.7 Å². The van der Waals surface area contributed by atoms with Crippen molar-refractivity contribution in [2.24, 2.45) is 0 Å². The number of rotatable bonds is 4. The van der Waals surface area contributed by atoms with Crippen molar-refractivity contribution in [3.05, 3.63) is 40.4 Å². The van der Waals surface area contributed by atoms with Crippen LogP contribution >= 0.6 is 11.3 Å². The lowest BCUT2D eigenvalue weighted by Crippen LogP contribution is -2.17. The van der Waals surface area contributed by atoms with Crippen LogP contribution in [0.5, 0.6) is 0 Å². The summed E-state index contributed by atoms with van der Waals surface area (Å²) in [6.07, 6.45) is 0. The first-order valence-corrected chi connectivity index (χ1v) is 6.63. The van der Waals surface area contributed by atoms with E-state index >= 15 is 0 Å². The first-order chi connectivity index (χ1) is 9.51. The summed E-state index contributed by atoms with van der Waals surface area (Å²) in [5, 5.41) is 15.0. The molecule has 0 bridgehead atoms. The van der Waals surface area contributed by atoms with Gasteiger partial charge in [0.25, 0.3) is 5.91 Å². The van der Waals surface area contributed by atoms with Gasteiger partial charge in [0.15, 0.2) is 5.13 Å². The number of carbonyl (C=O) groups excluding carboxylic acids is 1. The molecule has 7 heteroatoms. The molecule has 0 aliphatic heterocycles. The van der Waals surface area contributed by atoms with Crippen LogP contribution in [0.4, 0.5) is 10.8 Å². The van der Waals surface area contributed by atoms with E-state index in [1.54, 1.807) is 26.1 Å². The number of carboxylic acids is 1. The van der Waals surface area contributed by atoms with Crippen LogP contribution in [0.2, 0.25) is 0 Å². The van der Waals surface area contributed by atoms with E-state index in [9.17, 15) is 9.59 Å². The summed E-state index contributed by atoms with van der Waals surface area (Å²) in [7, 11) is 1.57. The molecular weight excluding hydrogens is 278 g/mol. The van der Waals surface area contributed by atoms with Gasteiger partial charge < -0.3 is 15.7 Å².